The molecular weight excluding hydrogens is 528 g/mol. The Morgan fingerprint density at radius 1 is 0.381 bits per heavy atom. The highest BCUT2D eigenvalue weighted by Crippen LogP contribution is 2.12. The second kappa shape index (κ2) is 13.9. The van der Waals surface area contributed by atoms with Gasteiger partial charge in [0.15, 0.2) is 0 Å². The Morgan fingerprint density at radius 2 is 0.595 bits per heavy atom. The van der Waals surface area contributed by atoms with Crippen LogP contribution in [0.3, 0.4) is 0 Å². The number of esters is 3. The van der Waals surface area contributed by atoms with E-state index in [1.165, 1.54) is 21.3 Å². The van der Waals surface area contributed by atoms with Gasteiger partial charge in [0, 0.05) is 33.4 Å². The summed E-state index contributed by atoms with van der Waals surface area (Å²) in [7, 11) is 4.00. The highest BCUT2D eigenvalue weighted by Gasteiger charge is 2.05. The minimum Gasteiger partial charge on any atom is -0.465 e. The van der Waals surface area contributed by atoms with E-state index in [9.17, 15) is 14.4 Å². The van der Waals surface area contributed by atoms with Crippen molar-refractivity contribution >= 4 is 17.9 Å². The summed E-state index contributed by atoms with van der Waals surface area (Å²) in [6, 6.07) is 26.0. The zero-order chi connectivity index (χ0) is 29.9. The van der Waals surface area contributed by atoms with Gasteiger partial charge in [0.05, 0.1) is 38.0 Å². The van der Waals surface area contributed by atoms with E-state index in [-0.39, 0.29) is 0 Å². The Balaban J connectivity index is 1.66. The zero-order valence-electron chi connectivity index (χ0n) is 23.1. The highest BCUT2D eigenvalue weighted by molar-refractivity contribution is 5.90. The van der Waals surface area contributed by atoms with Crippen LogP contribution in [0.15, 0.2) is 91.0 Å². The average Bonchev–Trinajstić information content (AvgIpc) is 3.05. The van der Waals surface area contributed by atoms with Crippen LogP contribution in [-0.4, -0.2) is 39.2 Å². The maximum Gasteiger partial charge on any atom is 0.337 e. The van der Waals surface area contributed by atoms with Crippen LogP contribution in [0.1, 0.15) is 64.5 Å². The largest absolute Gasteiger partial charge is 0.465 e. The van der Waals surface area contributed by atoms with E-state index in [1.54, 1.807) is 72.8 Å². The monoisotopic (exact) mass is 552 g/mol. The molecule has 0 aliphatic carbocycles. The third-order valence-corrected chi connectivity index (χ3v) is 5.90. The molecule has 0 saturated heterocycles. The fourth-order valence-electron chi connectivity index (χ4n) is 3.70. The fraction of sp³-hybridized carbons (Fsp3) is 0.0833. The molecule has 0 N–H and O–H groups in total. The van der Waals surface area contributed by atoms with Crippen molar-refractivity contribution in [2.75, 3.05) is 21.3 Å². The third kappa shape index (κ3) is 7.76. The van der Waals surface area contributed by atoms with E-state index in [4.69, 9.17) is 14.2 Å². The van der Waals surface area contributed by atoms with Gasteiger partial charge >= 0.3 is 17.9 Å². The molecule has 6 nitrogen and oxygen atoms in total. The molecule has 0 unspecified atom stereocenters. The van der Waals surface area contributed by atoms with Gasteiger partial charge in [0.25, 0.3) is 0 Å². The standard InChI is InChI=1S/C36H24O6/c1-40-34(37)31-16-10-25(11-17-31)4-7-28-22-29(8-5-26-12-18-32(19-13-26)35(38)41-2)24-30(23-28)9-6-27-14-20-33(21-15-27)36(39)42-3/h10-24H,1-3H3. The van der Waals surface area contributed by atoms with Gasteiger partial charge in [-0.15, -0.1) is 0 Å². The zero-order valence-corrected chi connectivity index (χ0v) is 23.1. The Kier molecular flexibility index (Phi) is 9.55. The number of carbonyl (C=O) groups excluding carboxylic acids is 3. The van der Waals surface area contributed by atoms with Crippen molar-refractivity contribution < 1.29 is 28.6 Å². The van der Waals surface area contributed by atoms with Crippen molar-refractivity contribution in [1.82, 2.24) is 0 Å². The predicted molar refractivity (Wildman–Crippen MR) is 158 cm³/mol. The molecule has 0 saturated carbocycles. The van der Waals surface area contributed by atoms with Gasteiger partial charge in [-0.25, -0.2) is 14.4 Å². The Hall–Kier alpha value is -6.03. The van der Waals surface area contributed by atoms with E-state index in [0.29, 0.717) is 33.4 Å². The average molecular weight is 553 g/mol. The summed E-state index contributed by atoms with van der Waals surface area (Å²) in [5.41, 5.74) is 5.60. The maximum absolute atomic E-state index is 11.7. The summed E-state index contributed by atoms with van der Waals surface area (Å²) in [6.07, 6.45) is 0. The van der Waals surface area contributed by atoms with E-state index in [0.717, 1.165) is 16.7 Å². The molecule has 0 radical (unpaired) electrons. The molecule has 0 spiro atoms. The quantitative estimate of drug-likeness (QED) is 0.196. The van der Waals surface area contributed by atoms with Gasteiger partial charge in [0.2, 0.25) is 0 Å². The van der Waals surface area contributed by atoms with Crippen molar-refractivity contribution in [3.63, 3.8) is 0 Å². The van der Waals surface area contributed by atoms with Crippen LogP contribution in [0.5, 0.6) is 0 Å². The number of hydrogen-bond acceptors (Lipinski definition) is 6. The lowest BCUT2D eigenvalue weighted by atomic mass is 10.0. The highest BCUT2D eigenvalue weighted by atomic mass is 16.5. The number of methoxy groups -OCH3 is 3. The van der Waals surface area contributed by atoms with Crippen LogP contribution in [0, 0.1) is 35.5 Å². The number of carbonyl (C=O) groups is 3. The van der Waals surface area contributed by atoms with E-state index in [1.807, 2.05) is 18.2 Å². The predicted octanol–water partition coefficient (Wildman–Crippen LogP) is 5.25. The van der Waals surface area contributed by atoms with Crippen LogP contribution in [0.4, 0.5) is 0 Å². The normalized spacial score (nSPS) is 9.50. The molecule has 4 aromatic carbocycles. The SMILES string of the molecule is COC(=O)c1ccc(C#Cc2cc(C#Cc3ccc(C(=O)OC)cc3)cc(C#Cc3ccc(C(=O)OC)cc3)c2)cc1. The maximum atomic E-state index is 11.7. The van der Waals surface area contributed by atoms with Gasteiger partial charge in [-0.2, -0.15) is 0 Å². The third-order valence-electron chi connectivity index (χ3n) is 5.90. The first-order chi connectivity index (χ1) is 20.4. The Labute approximate surface area is 244 Å². The first kappa shape index (κ1) is 29.0. The number of ether oxygens (including phenoxy) is 3. The smallest absolute Gasteiger partial charge is 0.337 e. The van der Waals surface area contributed by atoms with Gasteiger partial charge in [-0.1, -0.05) is 35.5 Å². The molecule has 0 aliphatic heterocycles. The topological polar surface area (TPSA) is 78.9 Å². The van der Waals surface area contributed by atoms with Crippen LogP contribution < -0.4 is 0 Å². The lowest BCUT2D eigenvalue weighted by Gasteiger charge is -2.00. The minimum atomic E-state index is -0.413. The molecule has 0 atom stereocenters. The van der Waals surface area contributed by atoms with Crippen molar-refractivity contribution in [3.05, 3.63) is 141 Å². The van der Waals surface area contributed by atoms with Crippen molar-refractivity contribution in [3.8, 4) is 35.5 Å². The lowest BCUT2D eigenvalue weighted by molar-refractivity contribution is 0.0592. The Bertz CT molecular complexity index is 1580. The minimum absolute atomic E-state index is 0.413. The molecule has 0 fully saturated rings. The molecule has 42 heavy (non-hydrogen) atoms. The first-order valence-corrected chi connectivity index (χ1v) is 12.6. The molecule has 0 aromatic heterocycles. The van der Waals surface area contributed by atoms with Crippen LogP contribution in [-0.2, 0) is 14.2 Å². The first-order valence-electron chi connectivity index (χ1n) is 12.6. The van der Waals surface area contributed by atoms with Crippen molar-refractivity contribution in [1.29, 1.82) is 0 Å². The summed E-state index contributed by atoms with van der Waals surface area (Å²) in [5.74, 6) is 17.5. The molecule has 6 heteroatoms. The van der Waals surface area contributed by atoms with E-state index < -0.39 is 17.9 Å². The van der Waals surface area contributed by atoms with Gasteiger partial charge in [0.1, 0.15) is 0 Å². The van der Waals surface area contributed by atoms with Crippen LogP contribution in [0.2, 0.25) is 0 Å². The van der Waals surface area contributed by atoms with Crippen LogP contribution in [0.25, 0.3) is 0 Å². The van der Waals surface area contributed by atoms with Gasteiger partial charge in [-0.05, 0) is 91.0 Å². The van der Waals surface area contributed by atoms with Crippen LogP contribution >= 0.6 is 0 Å². The summed E-state index contributed by atoms with van der Waals surface area (Å²) in [5, 5.41) is 0. The molecule has 4 rings (SSSR count). The number of rotatable bonds is 3. The molecule has 0 heterocycles. The van der Waals surface area contributed by atoms with Crippen molar-refractivity contribution in [2.24, 2.45) is 0 Å². The molecule has 0 bridgehead atoms. The lowest BCUT2D eigenvalue weighted by Crippen LogP contribution is -2.00. The van der Waals surface area contributed by atoms with E-state index in [2.05, 4.69) is 35.5 Å². The second-order valence-corrected chi connectivity index (χ2v) is 8.76. The summed E-state index contributed by atoms with van der Waals surface area (Å²) >= 11 is 0. The fourth-order valence-corrected chi connectivity index (χ4v) is 3.70. The molecule has 0 amide bonds. The van der Waals surface area contributed by atoms with Gasteiger partial charge in [-0.3, -0.25) is 0 Å². The summed E-state index contributed by atoms with van der Waals surface area (Å²) < 4.78 is 14.2. The van der Waals surface area contributed by atoms with Crippen molar-refractivity contribution in [2.45, 2.75) is 0 Å². The molecular formula is C36H24O6. The Morgan fingerprint density at radius 3 is 0.810 bits per heavy atom. The summed E-state index contributed by atoms with van der Waals surface area (Å²) in [6.45, 7) is 0. The molecule has 4 aromatic rings. The number of benzene rings is 4. The summed E-state index contributed by atoms with van der Waals surface area (Å²) in [4.78, 5) is 35.1. The van der Waals surface area contributed by atoms with E-state index >= 15 is 0 Å². The number of hydrogen-bond donors (Lipinski definition) is 0. The second-order valence-electron chi connectivity index (χ2n) is 8.76. The molecule has 0 aliphatic rings. The van der Waals surface area contributed by atoms with Gasteiger partial charge < -0.3 is 14.2 Å². The molecule has 204 valence electrons.